The highest BCUT2D eigenvalue weighted by Gasteiger charge is 2.47. The number of carbonyl (C=O) groups is 1. The Morgan fingerprint density at radius 2 is 2.26 bits per heavy atom. The van der Waals surface area contributed by atoms with Gasteiger partial charge < -0.3 is 14.4 Å². The van der Waals surface area contributed by atoms with E-state index in [1.807, 2.05) is 6.92 Å². The standard InChI is InChI=1S/C12H21NO5S/c1-3-17-10-6-12(18-7-10)4-5-13(9-12)11(14)8-19(2,15)16/h10H,3-9H2,1-2H3/t10-,12+/m0/s1. The smallest absolute Gasteiger partial charge is 0.237 e. The summed E-state index contributed by atoms with van der Waals surface area (Å²) >= 11 is 0. The summed E-state index contributed by atoms with van der Waals surface area (Å²) in [6, 6.07) is 0. The number of rotatable bonds is 4. The van der Waals surface area contributed by atoms with Crippen molar-refractivity contribution >= 4 is 15.7 Å². The summed E-state index contributed by atoms with van der Waals surface area (Å²) in [4.78, 5) is 13.5. The van der Waals surface area contributed by atoms with E-state index in [1.165, 1.54) is 0 Å². The quantitative estimate of drug-likeness (QED) is 0.719. The van der Waals surface area contributed by atoms with Gasteiger partial charge in [-0.1, -0.05) is 0 Å². The molecule has 7 heteroatoms. The molecule has 0 radical (unpaired) electrons. The average Bonchev–Trinajstić information content (AvgIpc) is 2.86. The Balaban J connectivity index is 1.91. The first-order chi connectivity index (χ1) is 8.84. The molecule has 110 valence electrons. The molecule has 2 atom stereocenters. The summed E-state index contributed by atoms with van der Waals surface area (Å²) in [5.41, 5.74) is -0.326. The minimum atomic E-state index is -3.27. The molecule has 0 aliphatic carbocycles. The highest BCUT2D eigenvalue weighted by atomic mass is 32.2. The SMILES string of the molecule is CCO[C@@H]1CO[C@]2(CCN(C(=O)CS(C)(=O)=O)C2)C1. The molecule has 2 rings (SSSR count). The summed E-state index contributed by atoms with van der Waals surface area (Å²) in [5.74, 6) is -0.749. The van der Waals surface area contributed by atoms with E-state index in [4.69, 9.17) is 9.47 Å². The minimum Gasteiger partial charge on any atom is -0.376 e. The fourth-order valence-electron chi connectivity index (χ4n) is 2.80. The van der Waals surface area contributed by atoms with Gasteiger partial charge >= 0.3 is 0 Å². The largest absolute Gasteiger partial charge is 0.376 e. The van der Waals surface area contributed by atoms with E-state index in [2.05, 4.69) is 0 Å². The van der Waals surface area contributed by atoms with Crippen LogP contribution >= 0.6 is 0 Å². The van der Waals surface area contributed by atoms with Gasteiger partial charge in [0.1, 0.15) is 5.75 Å². The summed E-state index contributed by atoms with van der Waals surface area (Å²) in [5, 5.41) is 0. The number of ether oxygens (including phenoxy) is 2. The van der Waals surface area contributed by atoms with E-state index in [9.17, 15) is 13.2 Å². The van der Waals surface area contributed by atoms with E-state index in [0.717, 1.165) is 19.1 Å². The summed E-state index contributed by atoms with van der Waals surface area (Å²) < 4.78 is 33.6. The van der Waals surface area contributed by atoms with E-state index >= 15 is 0 Å². The predicted molar refractivity (Wildman–Crippen MR) is 69.6 cm³/mol. The molecule has 2 heterocycles. The fourth-order valence-corrected chi connectivity index (χ4v) is 3.43. The molecular weight excluding hydrogens is 270 g/mol. The van der Waals surface area contributed by atoms with Gasteiger partial charge in [-0.05, 0) is 13.3 Å². The second-order valence-corrected chi connectivity index (χ2v) is 7.55. The van der Waals surface area contributed by atoms with Gasteiger partial charge in [-0.2, -0.15) is 0 Å². The van der Waals surface area contributed by atoms with Crippen LogP contribution in [-0.2, 0) is 24.1 Å². The van der Waals surface area contributed by atoms with E-state index in [0.29, 0.717) is 26.3 Å². The van der Waals surface area contributed by atoms with Gasteiger partial charge in [-0.25, -0.2) is 8.42 Å². The van der Waals surface area contributed by atoms with Gasteiger partial charge in [0.2, 0.25) is 5.91 Å². The number of sulfone groups is 1. The van der Waals surface area contributed by atoms with Crippen LogP contribution in [0.25, 0.3) is 0 Å². The predicted octanol–water partition coefficient (Wildman–Crippen LogP) is -0.172. The summed E-state index contributed by atoms with van der Waals surface area (Å²) in [7, 11) is -3.27. The molecule has 0 unspecified atom stereocenters. The van der Waals surface area contributed by atoms with E-state index < -0.39 is 15.6 Å². The van der Waals surface area contributed by atoms with Crippen molar-refractivity contribution in [3.05, 3.63) is 0 Å². The van der Waals surface area contributed by atoms with Crippen molar-refractivity contribution in [2.75, 3.05) is 38.3 Å². The zero-order chi connectivity index (χ0) is 14.1. The van der Waals surface area contributed by atoms with Crippen molar-refractivity contribution in [3.8, 4) is 0 Å². The maximum atomic E-state index is 11.9. The Labute approximate surface area is 114 Å². The first-order valence-electron chi connectivity index (χ1n) is 6.55. The first-order valence-corrected chi connectivity index (χ1v) is 8.61. The topological polar surface area (TPSA) is 72.9 Å². The number of hydrogen-bond donors (Lipinski definition) is 0. The molecule has 1 spiro atoms. The maximum absolute atomic E-state index is 11.9. The van der Waals surface area contributed by atoms with E-state index in [1.54, 1.807) is 4.90 Å². The van der Waals surface area contributed by atoms with Gasteiger partial charge in [0.15, 0.2) is 9.84 Å². The van der Waals surface area contributed by atoms with Crippen LogP contribution in [0.15, 0.2) is 0 Å². The lowest BCUT2D eigenvalue weighted by atomic mass is 9.98. The third kappa shape index (κ3) is 3.67. The van der Waals surface area contributed by atoms with Gasteiger partial charge in [-0.3, -0.25) is 4.79 Å². The number of hydrogen-bond acceptors (Lipinski definition) is 5. The fraction of sp³-hybridized carbons (Fsp3) is 0.917. The van der Waals surface area contributed by atoms with E-state index in [-0.39, 0.29) is 17.6 Å². The molecule has 6 nitrogen and oxygen atoms in total. The van der Waals surface area contributed by atoms with Gasteiger partial charge in [-0.15, -0.1) is 0 Å². The molecule has 2 saturated heterocycles. The van der Waals surface area contributed by atoms with Crippen LogP contribution in [-0.4, -0.2) is 69.2 Å². The van der Waals surface area contributed by atoms with Crippen molar-refractivity contribution < 1.29 is 22.7 Å². The lowest BCUT2D eigenvalue weighted by Gasteiger charge is -2.23. The highest BCUT2D eigenvalue weighted by molar-refractivity contribution is 7.91. The van der Waals surface area contributed by atoms with Crippen LogP contribution in [0.2, 0.25) is 0 Å². The van der Waals surface area contributed by atoms with Crippen LogP contribution in [0.3, 0.4) is 0 Å². The molecule has 1 amide bonds. The molecule has 2 aliphatic heterocycles. The zero-order valence-corrected chi connectivity index (χ0v) is 12.2. The lowest BCUT2D eigenvalue weighted by Crippen LogP contribution is -2.38. The maximum Gasteiger partial charge on any atom is 0.237 e. The number of amides is 1. The first kappa shape index (κ1) is 14.7. The monoisotopic (exact) mass is 291 g/mol. The molecule has 0 bridgehead atoms. The van der Waals surface area contributed by atoms with Crippen molar-refractivity contribution in [1.29, 1.82) is 0 Å². The molecule has 19 heavy (non-hydrogen) atoms. The molecule has 0 aromatic rings. The van der Waals surface area contributed by atoms with Crippen molar-refractivity contribution in [3.63, 3.8) is 0 Å². The lowest BCUT2D eigenvalue weighted by molar-refractivity contribution is -0.128. The summed E-state index contributed by atoms with van der Waals surface area (Å²) in [6.45, 7) is 4.20. The van der Waals surface area contributed by atoms with Crippen LogP contribution in [0.1, 0.15) is 19.8 Å². The second kappa shape index (κ2) is 5.38. The Kier molecular flexibility index (Phi) is 4.17. The van der Waals surface area contributed by atoms with Gasteiger partial charge in [0.05, 0.1) is 18.3 Å². The normalized spacial score (nSPS) is 31.3. The Bertz CT molecular complexity index is 449. The molecule has 0 aromatic carbocycles. The Hall–Kier alpha value is -0.660. The highest BCUT2D eigenvalue weighted by Crippen LogP contribution is 2.36. The zero-order valence-electron chi connectivity index (χ0n) is 11.4. The van der Waals surface area contributed by atoms with Crippen LogP contribution < -0.4 is 0 Å². The van der Waals surface area contributed by atoms with Gasteiger partial charge in [0.25, 0.3) is 0 Å². The molecule has 0 aromatic heterocycles. The minimum absolute atomic E-state index is 0.0926. The second-order valence-electron chi connectivity index (χ2n) is 5.41. The van der Waals surface area contributed by atoms with Crippen LogP contribution in [0.4, 0.5) is 0 Å². The summed E-state index contributed by atoms with van der Waals surface area (Å²) in [6.07, 6.45) is 2.71. The van der Waals surface area contributed by atoms with Gasteiger partial charge in [0, 0.05) is 32.4 Å². The number of carbonyl (C=O) groups excluding carboxylic acids is 1. The van der Waals surface area contributed by atoms with Crippen molar-refractivity contribution in [1.82, 2.24) is 4.90 Å². The third-order valence-corrected chi connectivity index (χ3v) is 4.40. The molecule has 0 saturated carbocycles. The molecule has 2 fully saturated rings. The average molecular weight is 291 g/mol. The Morgan fingerprint density at radius 1 is 1.53 bits per heavy atom. The molecular formula is C12H21NO5S. The van der Waals surface area contributed by atoms with Crippen molar-refractivity contribution in [2.45, 2.75) is 31.5 Å². The third-order valence-electron chi connectivity index (χ3n) is 3.63. The molecule has 0 N–H and O–H groups in total. The van der Waals surface area contributed by atoms with Crippen molar-refractivity contribution in [2.24, 2.45) is 0 Å². The number of likely N-dealkylation sites (tertiary alicyclic amines) is 1. The van der Waals surface area contributed by atoms with Crippen LogP contribution in [0.5, 0.6) is 0 Å². The number of nitrogens with zero attached hydrogens (tertiary/aromatic N) is 1. The Morgan fingerprint density at radius 3 is 2.89 bits per heavy atom. The van der Waals surface area contributed by atoms with Crippen LogP contribution in [0, 0.1) is 0 Å². The molecule has 2 aliphatic rings.